The van der Waals surface area contributed by atoms with Gasteiger partial charge in [-0.1, -0.05) is 35.9 Å². The molecule has 0 radical (unpaired) electrons. The third-order valence-electron chi connectivity index (χ3n) is 4.50. The van der Waals surface area contributed by atoms with E-state index in [1.165, 1.54) is 0 Å². The lowest BCUT2D eigenvalue weighted by atomic mass is 10.1. The fourth-order valence-corrected chi connectivity index (χ4v) is 4.71. The Hall–Kier alpha value is -3.11. The summed E-state index contributed by atoms with van der Waals surface area (Å²) in [5, 5.41) is 6.86. The van der Waals surface area contributed by atoms with E-state index in [1.54, 1.807) is 31.2 Å². The summed E-state index contributed by atoms with van der Waals surface area (Å²) < 4.78 is 52.4. The molecule has 2 aromatic carbocycles. The normalized spacial score (nSPS) is 11.9. The van der Waals surface area contributed by atoms with E-state index in [1.807, 2.05) is 0 Å². The van der Waals surface area contributed by atoms with Gasteiger partial charge in [0.2, 0.25) is 0 Å². The Kier molecular flexibility index (Phi) is 4.91. The number of nitrogens with zero attached hydrogens (tertiary/aromatic N) is 3. The average Bonchev–Trinajstić information content (AvgIpc) is 3.06. The van der Waals surface area contributed by atoms with Crippen molar-refractivity contribution in [2.75, 3.05) is 5.73 Å². The molecule has 0 spiro atoms. The van der Waals surface area contributed by atoms with Crippen molar-refractivity contribution in [3.05, 3.63) is 64.3 Å². The van der Waals surface area contributed by atoms with Crippen molar-refractivity contribution in [2.24, 2.45) is 0 Å². The molecule has 0 amide bonds. The lowest BCUT2D eigenvalue weighted by Crippen LogP contribution is -2.08. The summed E-state index contributed by atoms with van der Waals surface area (Å²) in [6, 6.07) is 7.66. The number of hydrogen-bond acceptors (Lipinski definition) is 6. The van der Waals surface area contributed by atoms with Gasteiger partial charge < -0.3 is 5.73 Å². The fraction of sp³-hybridized carbons (Fsp3) is 0.105. The molecular weight excluding hydrogens is 436 g/mol. The molecule has 0 fully saturated rings. The van der Waals surface area contributed by atoms with Crippen molar-refractivity contribution in [1.29, 1.82) is 0 Å². The number of nitrogens with two attached hydrogens (primary N) is 1. The molecule has 0 aliphatic carbocycles. The Morgan fingerprint density at radius 3 is 2.50 bits per heavy atom. The van der Waals surface area contributed by atoms with E-state index in [0.717, 1.165) is 6.07 Å². The maximum absolute atomic E-state index is 14.0. The summed E-state index contributed by atoms with van der Waals surface area (Å²) in [5.41, 5.74) is 7.92. The molecule has 0 unspecified atom stereocenters. The predicted octanol–water partition coefficient (Wildman–Crippen LogP) is 3.82. The van der Waals surface area contributed by atoms with E-state index in [-0.39, 0.29) is 0 Å². The van der Waals surface area contributed by atoms with Crippen LogP contribution in [0.3, 0.4) is 0 Å². The fourth-order valence-electron chi connectivity index (χ4n) is 3.04. The van der Waals surface area contributed by atoms with Gasteiger partial charge in [-0.15, -0.1) is 0 Å². The first kappa shape index (κ1) is 20.2. The van der Waals surface area contributed by atoms with Gasteiger partial charge in [0, 0.05) is 11.6 Å². The van der Waals surface area contributed by atoms with E-state index < -0.39 is 37.1 Å². The lowest BCUT2D eigenvalue weighted by Gasteiger charge is -2.08. The number of hydrogen-bond donors (Lipinski definition) is 2. The van der Waals surface area contributed by atoms with Crippen LogP contribution in [0.5, 0.6) is 0 Å². The van der Waals surface area contributed by atoms with Crippen LogP contribution in [0.2, 0.25) is 5.02 Å². The Labute approximate surface area is 174 Å². The highest BCUT2D eigenvalue weighted by atomic mass is 35.5. The van der Waals surface area contributed by atoms with E-state index >= 15 is 0 Å². The van der Waals surface area contributed by atoms with Crippen LogP contribution in [0.15, 0.2) is 41.3 Å². The number of sulfone groups is 1. The van der Waals surface area contributed by atoms with Gasteiger partial charge in [-0.25, -0.2) is 27.2 Å². The number of nitrogen functional groups attached to an aromatic ring is 1. The Bertz CT molecular complexity index is 1390. The molecule has 2 aromatic heterocycles. The molecule has 3 N–H and O–H groups in total. The van der Waals surface area contributed by atoms with Crippen LogP contribution in [0.1, 0.15) is 11.3 Å². The van der Waals surface area contributed by atoms with Gasteiger partial charge in [0.1, 0.15) is 22.3 Å². The van der Waals surface area contributed by atoms with Crippen LogP contribution < -0.4 is 5.73 Å². The minimum atomic E-state index is -4.08. The molecule has 4 aromatic rings. The van der Waals surface area contributed by atoms with E-state index in [4.69, 9.17) is 17.3 Å². The minimum Gasteiger partial charge on any atom is -0.383 e. The second-order valence-electron chi connectivity index (χ2n) is 6.62. The molecule has 4 rings (SSSR count). The first-order valence-corrected chi connectivity index (χ1v) is 10.6. The summed E-state index contributed by atoms with van der Waals surface area (Å²) in [6.07, 6.45) is 0. The molecule has 0 saturated heterocycles. The van der Waals surface area contributed by atoms with Gasteiger partial charge >= 0.3 is 0 Å². The van der Waals surface area contributed by atoms with Crippen molar-refractivity contribution in [2.45, 2.75) is 17.6 Å². The number of anilines is 1. The minimum absolute atomic E-state index is 0.378. The third kappa shape index (κ3) is 3.59. The zero-order valence-corrected chi connectivity index (χ0v) is 17.0. The van der Waals surface area contributed by atoms with E-state index in [2.05, 4.69) is 20.2 Å². The molecular formula is C19H14ClF2N5O2S. The number of halogens is 3. The number of nitrogens with one attached hydrogen (secondary N) is 1. The second kappa shape index (κ2) is 7.29. The number of benzene rings is 2. The summed E-state index contributed by atoms with van der Waals surface area (Å²) >= 11 is 5.60. The topological polar surface area (TPSA) is 115 Å². The lowest BCUT2D eigenvalue weighted by molar-refractivity contribution is 0.549. The molecule has 11 heteroatoms. The van der Waals surface area contributed by atoms with Crippen molar-refractivity contribution >= 4 is 38.3 Å². The summed E-state index contributed by atoms with van der Waals surface area (Å²) in [7, 11) is -4.08. The van der Waals surface area contributed by atoms with Crippen molar-refractivity contribution in [3.8, 4) is 11.4 Å². The maximum atomic E-state index is 14.0. The molecule has 154 valence electrons. The Balaban J connectivity index is 1.64. The first-order chi connectivity index (χ1) is 14.2. The Morgan fingerprint density at radius 1 is 1.10 bits per heavy atom. The second-order valence-corrected chi connectivity index (χ2v) is 8.99. The standard InChI is InChI=1S/C19H14ClF2N5O2S/c1-9-16-17(23)26-27-19(16)25-18(24-9)11-4-2-10(3-5-11)8-30(28,29)15-6-12(20)13(21)7-14(15)22/h2-7H,8H2,1H3,(H3,23,24,25,26,27). The average molecular weight is 450 g/mol. The number of aromatic amines is 1. The van der Waals surface area contributed by atoms with Gasteiger partial charge in [0.15, 0.2) is 21.3 Å². The number of fused-ring (bicyclic) bond motifs is 1. The molecule has 0 aliphatic heterocycles. The highest BCUT2D eigenvalue weighted by Gasteiger charge is 2.22. The summed E-state index contributed by atoms with van der Waals surface area (Å²) in [5.74, 6) is -1.92. The van der Waals surface area contributed by atoms with Crippen LogP contribution in [0, 0.1) is 18.6 Å². The quantitative estimate of drug-likeness (QED) is 0.361. The molecule has 7 nitrogen and oxygen atoms in total. The molecule has 2 heterocycles. The zero-order chi connectivity index (χ0) is 21.6. The van der Waals surface area contributed by atoms with Crippen LogP contribution in [-0.2, 0) is 15.6 Å². The van der Waals surface area contributed by atoms with Gasteiger partial charge in [0.25, 0.3) is 0 Å². The van der Waals surface area contributed by atoms with Crippen molar-refractivity contribution in [3.63, 3.8) is 0 Å². The molecule has 0 aliphatic rings. The first-order valence-electron chi connectivity index (χ1n) is 8.60. The Morgan fingerprint density at radius 2 is 1.80 bits per heavy atom. The van der Waals surface area contributed by atoms with Gasteiger partial charge in [-0.2, -0.15) is 5.10 Å². The van der Waals surface area contributed by atoms with Gasteiger partial charge in [0.05, 0.1) is 21.9 Å². The van der Waals surface area contributed by atoms with Crippen LogP contribution in [-0.4, -0.2) is 28.6 Å². The SMILES string of the molecule is Cc1nc(-c2ccc(CS(=O)(=O)c3cc(Cl)c(F)cc3F)cc2)nc2n[nH]c(N)c12. The number of aromatic nitrogens is 4. The predicted molar refractivity (Wildman–Crippen MR) is 109 cm³/mol. The third-order valence-corrected chi connectivity index (χ3v) is 6.49. The van der Waals surface area contributed by atoms with E-state index in [9.17, 15) is 17.2 Å². The highest BCUT2D eigenvalue weighted by molar-refractivity contribution is 7.90. The largest absolute Gasteiger partial charge is 0.383 e. The van der Waals surface area contributed by atoms with Crippen LogP contribution in [0.4, 0.5) is 14.6 Å². The highest BCUT2D eigenvalue weighted by Crippen LogP contribution is 2.27. The monoisotopic (exact) mass is 449 g/mol. The van der Waals surface area contributed by atoms with Crippen molar-refractivity contribution < 1.29 is 17.2 Å². The number of aryl methyl sites for hydroxylation is 1. The summed E-state index contributed by atoms with van der Waals surface area (Å²) in [6.45, 7) is 1.78. The molecule has 0 saturated carbocycles. The molecule has 30 heavy (non-hydrogen) atoms. The van der Waals surface area contributed by atoms with Crippen LogP contribution >= 0.6 is 11.6 Å². The van der Waals surface area contributed by atoms with Gasteiger partial charge in [-0.3, -0.25) is 5.10 Å². The van der Waals surface area contributed by atoms with E-state index in [0.29, 0.717) is 45.6 Å². The van der Waals surface area contributed by atoms with Gasteiger partial charge in [-0.05, 0) is 18.6 Å². The van der Waals surface area contributed by atoms with Crippen molar-refractivity contribution in [1.82, 2.24) is 20.2 Å². The number of H-pyrrole nitrogens is 1. The zero-order valence-electron chi connectivity index (χ0n) is 15.4. The smallest absolute Gasteiger partial charge is 0.187 e. The molecule has 0 atom stereocenters. The summed E-state index contributed by atoms with van der Waals surface area (Å²) in [4.78, 5) is 8.12. The van der Waals surface area contributed by atoms with Crippen LogP contribution in [0.25, 0.3) is 22.4 Å². The maximum Gasteiger partial charge on any atom is 0.187 e. The number of rotatable bonds is 4. The molecule has 0 bridgehead atoms.